The van der Waals surface area contributed by atoms with Crippen molar-refractivity contribution >= 4 is 5.84 Å². The molecule has 0 bridgehead atoms. The molecule has 16 heavy (non-hydrogen) atoms. The van der Waals surface area contributed by atoms with Gasteiger partial charge < -0.3 is 17.6 Å². The molecule has 0 spiro atoms. The van der Waals surface area contributed by atoms with Crippen LogP contribution in [-0.4, -0.2) is 11.0 Å². The Kier molecular flexibility index (Phi) is 4.48. The van der Waals surface area contributed by atoms with Gasteiger partial charge in [-0.15, -0.1) is 0 Å². The van der Waals surface area contributed by atoms with E-state index in [1.54, 1.807) is 4.57 Å². The molecule has 0 saturated carbocycles. The molecule has 0 aliphatic heterocycles. The van der Waals surface area contributed by atoms with Gasteiger partial charge in [0.15, 0.2) is 5.16 Å². The second kappa shape index (κ2) is 5.88. The van der Waals surface area contributed by atoms with Crippen LogP contribution < -0.4 is 17.0 Å². The number of rotatable bonds is 1. The maximum atomic E-state index is 9.00. The SMILES string of the molecule is O/N=C(\c1ccccc1)[n+]1ccccc1.[Cl-]. The Balaban J connectivity index is 0.00000128. The molecule has 0 aliphatic carbocycles. The summed E-state index contributed by atoms with van der Waals surface area (Å²) in [5.41, 5.74) is 0.871. The van der Waals surface area contributed by atoms with Crippen molar-refractivity contribution in [3.8, 4) is 0 Å². The lowest BCUT2D eigenvalue weighted by Gasteiger charge is -1.97. The first-order valence-corrected chi connectivity index (χ1v) is 4.66. The molecule has 1 heterocycles. The Labute approximate surface area is 100 Å². The fourth-order valence-corrected chi connectivity index (χ4v) is 1.39. The summed E-state index contributed by atoms with van der Waals surface area (Å²) in [6, 6.07) is 15.2. The molecule has 2 aromatic rings. The highest BCUT2D eigenvalue weighted by Gasteiger charge is 2.14. The van der Waals surface area contributed by atoms with Crippen molar-refractivity contribution < 1.29 is 22.2 Å². The van der Waals surface area contributed by atoms with E-state index in [-0.39, 0.29) is 12.4 Å². The summed E-state index contributed by atoms with van der Waals surface area (Å²) >= 11 is 0. The van der Waals surface area contributed by atoms with Crippen LogP contribution in [0.3, 0.4) is 0 Å². The third-order valence-electron chi connectivity index (χ3n) is 2.09. The second-order valence-corrected chi connectivity index (χ2v) is 3.07. The van der Waals surface area contributed by atoms with Gasteiger partial charge in [0.1, 0.15) is 0 Å². The van der Waals surface area contributed by atoms with Gasteiger partial charge in [-0.1, -0.05) is 24.3 Å². The molecule has 3 nitrogen and oxygen atoms in total. The highest BCUT2D eigenvalue weighted by Crippen LogP contribution is 1.98. The number of aromatic nitrogens is 1. The Morgan fingerprint density at radius 2 is 1.50 bits per heavy atom. The highest BCUT2D eigenvalue weighted by atomic mass is 35.5. The zero-order valence-corrected chi connectivity index (χ0v) is 9.25. The Bertz CT molecular complexity index is 415. The van der Waals surface area contributed by atoms with Crippen LogP contribution in [0.1, 0.15) is 5.56 Å². The second-order valence-electron chi connectivity index (χ2n) is 3.07. The molecule has 1 aromatic carbocycles. The molecule has 82 valence electrons. The zero-order valence-electron chi connectivity index (χ0n) is 8.49. The first-order chi connectivity index (χ1) is 7.42. The molecule has 0 unspecified atom stereocenters. The van der Waals surface area contributed by atoms with Gasteiger partial charge in [0.2, 0.25) is 0 Å². The van der Waals surface area contributed by atoms with Crippen LogP contribution in [-0.2, 0) is 0 Å². The van der Waals surface area contributed by atoms with Gasteiger partial charge in [0.05, 0.1) is 18.0 Å². The van der Waals surface area contributed by atoms with Crippen LogP contribution in [0.15, 0.2) is 66.1 Å². The summed E-state index contributed by atoms with van der Waals surface area (Å²) in [4.78, 5) is 0. The van der Waals surface area contributed by atoms with Gasteiger partial charge in [0.25, 0.3) is 0 Å². The van der Waals surface area contributed by atoms with E-state index >= 15 is 0 Å². The number of benzene rings is 1. The number of hydrogen-bond acceptors (Lipinski definition) is 2. The van der Waals surface area contributed by atoms with Crippen LogP contribution in [0.4, 0.5) is 0 Å². The van der Waals surface area contributed by atoms with Crippen molar-refractivity contribution in [2.75, 3.05) is 0 Å². The smallest absolute Gasteiger partial charge is 0.381 e. The molecule has 0 amide bonds. The van der Waals surface area contributed by atoms with Crippen molar-refractivity contribution in [3.05, 3.63) is 66.5 Å². The Hall–Kier alpha value is -1.87. The number of hydrogen-bond donors (Lipinski definition) is 1. The molecule has 1 aromatic heterocycles. The molecular formula is C12H11ClN2O. The van der Waals surface area contributed by atoms with Crippen LogP contribution in [0.5, 0.6) is 0 Å². The van der Waals surface area contributed by atoms with Crippen LogP contribution in [0, 0.1) is 0 Å². The fraction of sp³-hybridized carbons (Fsp3) is 0. The topological polar surface area (TPSA) is 36.5 Å². The van der Waals surface area contributed by atoms with E-state index in [1.807, 2.05) is 60.9 Å². The average Bonchev–Trinajstić information content (AvgIpc) is 2.33. The van der Waals surface area contributed by atoms with Gasteiger partial charge in [-0.3, -0.25) is 0 Å². The Morgan fingerprint density at radius 1 is 0.938 bits per heavy atom. The van der Waals surface area contributed by atoms with E-state index in [4.69, 9.17) is 5.21 Å². The fourth-order valence-electron chi connectivity index (χ4n) is 1.39. The summed E-state index contributed by atoms with van der Waals surface area (Å²) in [6.07, 6.45) is 3.67. The lowest BCUT2D eigenvalue weighted by Crippen LogP contribution is -3.00. The number of nitrogens with zero attached hydrogens (tertiary/aromatic N) is 2. The van der Waals surface area contributed by atoms with E-state index < -0.39 is 0 Å². The first-order valence-electron chi connectivity index (χ1n) is 4.66. The molecule has 1 N–H and O–H groups in total. The summed E-state index contributed by atoms with van der Waals surface area (Å²) in [7, 11) is 0. The van der Waals surface area contributed by atoms with E-state index in [9.17, 15) is 0 Å². The number of oxime groups is 1. The standard InChI is InChI=1S/C12H10N2O.ClH/c15-13-12(11-7-3-1-4-8-11)14-9-5-2-6-10-14;/h1-10H;1H/b13-12+;. The van der Waals surface area contributed by atoms with E-state index in [1.165, 1.54) is 0 Å². The van der Waals surface area contributed by atoms with Crippen molar-refractivity contribution in [2.24, 2.45) is 5.16 Å². The minimum atomic E-state index is 0. The Morgan fingerprint density at radius 3 is 2.06 bits per heavy atom. The van der Waals surface area contributed by atoms with E-state index in [2.05, 4.69) is 5.16 Å². The highest BCUT2D eigenvalue weighted by molar-refractivity contribution is 5.91. The zero-order chi connectivity index (χ0) is 10.5. The third-order valence-corrected chi connectivity index (χ3v) is 2.09. The predicted molar refractivity (Wildman–Crippen MR) is 56.8 cm³/mol. The number of halogens is 1. The summed E-state index contributed by atoms with van der Waals surface area (Å²) in [6.45, 7) is 0. The lowest BCUT2D eigenvalue weighted by atomic mass is 10.2. The quantitative estimate of drug-likeness (QED) is 0.214. The van der Waals surface area contributed by atoms with Gasteiger partial charge in [-0.25, -0.2) is 0 Å². The summed E-state index contributed by atoms with van der Waals surface area (Å²) in [5.74, 6) is 0.510. The van der Waals surface area contributed by atoms with Gasteiger partial charge in [0, 0.05) is 0 Å². The maximum Gasteiger partial charge on any atom is 0.381 e. The van der Waals surface area contributed by atoms with E-state index in [0.717, 1.165) is 5.56 Å². The van der Waals surface area contributed by atoms with Gasteiger partial charge in [-0.2, -0.15) is 4.57 Å². The molecule has 0 fully saturated rings. The molecule has 2 rings (SSSR count). The molecule has 4 heteroatoms. The summed E-state index contributed by atoms with van der Waals surface area (Å²) < 4.78 is 1.76. The van der Waals surface area contributed by atoms with Gasteiger partial charge in [-0.05, 0) is 24.3 Å². The summed E-state index contributed by atoms with van der Waals surface area (Å²) in [5, 5.41) is 12.3. The van der Waals surface area contributed by atoms with E-state index in [0.29, 0.717) is 5.84 Å². The molecule has 0 radical (unpaired) electrons. The average molecular weight is 235 g/mol. The normalized spacial score (nSPS) is 10.6. The maximum absolute atomic E-state index is 9.00. The lowest BCUT2D eigenvalue weighted by molar-refractivity contribution is -0.555. The van der Waals surface area contributed by atoms with Crippen molar-refractivity contribution in [1.29, 1.82) is 0 Å². The third kappa shape index (κ3) is 2.58. The molecule has 0 aliphatic rings. The largest absolute Gasteiger partial charge is 1.00 e. The van der Waals surface area contributed by atoms with Crippen molar-refractivity contribution in [1.82, 2.24) is 0 Å². The molecule has 0 atom stereocenters. The molecule has 0 saturated heterocycles. The predicted octanol–water partition coefficient (Wildman–Crippen LogP) is -1.34. The van der Waals surface area contributed by atoms with Gasteiger partial charge >= 0.3 is 5.84 Å². The monoisotopic (exact) mass is 234 g/mol. The molecular weight excluding hydrogens is 224 g/mol. The number of pyridine rings is 1. The minimum Gasteiger partial charge on any atom is -1.00 e. The van der Waals surface area contributed by atoms with Crippen LogP contribution >= 0.6 is 0 Å². The minimum absolute atomic E-state index is 0. The van der Waals surface area contributed by atoms with Crippen LogP contribution in [0.25, 0.3) is 0 Å². The van der Waals surface area contributed by atoms with Crippen molar-refractivity contribution in [2.45, 2.75) is 0 Å². The van der Waals surface area contributed by atoms with Crippen LogP contribution in [0.2, 0.25) is 0 Å². The first kappa shape index (κ1) is 12.2. The van der Waals surface area contributed by atoms with Crippen molar-refractivity contribution in [3.63, 3.8) is 0 Å².